The van der Waals surface area contributed by atoms with Crippen molar-refractivity contribution in [1.29, 1.82) is 0 Å². The lowest BCUT2D eigenvalue weighted by Crippen LogP contribution is -2.01. The number of benzene rings is 1. The maximum atomic E-state index is 10.6. The summed E-state index contributed by atoms with van der Waals surface area (Å²) in [6.07, 6.45) is 4.15. The number of aromatic nitrogens is 4. The van der Waals surface area contributed by atoms with Crippen molar-refractivity contribution in [2.45, 2.75) is 0 Å². The standard InChI is InChI=1S/C12H8N6O3/c13-11-10(18(19)20)6-16-12(17-11)21-7-1-2-8-9(5-7)15-4-3-14-8/h1-6H,(H2,13,16,17). The summed E-state index contributed by atoms with van der Waals surface area (Å²) in [6.45, 7) is 0. The van der Waals surface area contributed by atoms with Crippen molar-refractivity contribution in [3.8, 4) is 11.8 Å². The van der Waals surface area contributed by atoms with E-state index in [1.165, 1.54) is 0 Å². The van der Waals surface area contributed by atoms with Crippen LogP contribution in [0.1, 0.15) is 0 Å². The molecule has 2 N–H and O–H groups in total. The van der Waals surface area contributed by atoms with E-state index in [2.05, 4.69) is 19.9 Å². The monoisotopic (exact) mass is 284 g/mol. The Balaban J connectivity index is 1.91. The molecule has 0 atom stereocenters. The summed E-state index contributed by atoms with van der Waals surface area (Å²) in [5.74, 6) is 0.168. The molecule has 9 nitrogen and oxygen atoms in total. The zero-order valence-corrected chi connectivity index (χ0v) is 10.5. The van der Waals surface area contributed by atoms with Crippen LogP contribution in [0.3, 0.4) is 0 Å². The van der Waals surface area contributed by atoms with Crippen molar-refractivity contribution >= 4 is 22.5 Å². The molecule has 2 aromatic heterocycles. The fourth-order valence-electron chi connectivity index (χ4n) is 1.67. The van der Waals surface area contributed by atoms with Gasteiger partial charge in [0.1, 0.15) is 11.9 Å². The van der Waals surface area contributed by atoms with E-state index in [9.17, 15) is 10.1 Å². The SMILES string of the molecule is Nc1nc(Oc2ccc3nccnc3c2)ncc1[N+](=O)[O-]. The minimum Gasteiger partial charge on any atom is -0.424 e. The maximum absolute atomic E-state index is 10.6. The van der Waals surface area contributed by atoms with Gasteiger partial charge in [0.25, 0.3) is 0 Å². The average Bonchev–Trinajstić information content (AvgIpc) is 2.47. The predicted octanol–water partition coefficient (Wildman–Crippen LogP) is 1.70. The molecule has 0 fully saturated rings. The Labute approximate surface area is 117 Å². The van der Waals surface area contributed by atoms with Crippen LogP contribution < -0.4 is 10.5 Å². The Morgan fingerprint density at radius 1 is 1.14 bits per heavy atom. The van der Waals surface area contributed by atoms with Gasteiger partial charge >= 0.3 is 11.7 Å². The first kappa shape index (κ1) is 12.7. The first-order chi connectivity index (χ1) is 10.1. The van der Waals surface area contributed by atoms with Crippen molar-refractivity contribution in [2.24, 2.45) is 0 Å². The quantitative estimate of drug-likeness (QED) is 0.568. The van der Waals surface area contributed by atoms with E-state index in [-0.39, 0.29) is 17.5 Å². The van der Waals surface area contributed by atoms with Crippen LogP contribution in [0.5, 0.6) is 11.8 Å². The molecule has 0 aliphatic heterocycles. The second-order valence-corrected chi connectivity index (χ2v) is 3.99. The highest BCUT2D eigenvalue weighted by molar-refractivity contribution is 5.75. The molecule has 0 saturated heterocycles. The normalized spacial score (nSPS) is 10.5. The molecular weight excluding hydrogens is 276 g/mol. The van der Waals surface area contributed by atoms with Crippen molar-refractivity contribution in [3.63, 3.8) is 0 Å². The molecular formula is C12H8N6O3. The summed E-state index contributed by atoms with van der Waals surface area (Å²) >= 11 is 0. The van der Waals surface area contributed by atoms with Gasteiger partial charge in [0.05, 0.1) is 16.0 Å². The van der Waals surface area contributed by atoms with Crippen LogP contribution in [0.15, 0.2) is 36.8 Å². The highest BCUT2D eigenvalue weighted by Crippen LogP contribution is 2.24. The Morgan fingerprint density at radius 3 is 2.62 bits per heavy atom. The van der Waals surface area contributed by atoms with E-state index in [4.69, 9.17) is 10.5 Å². The number of hydrogen-bond donors (Lipinski definition) is 1. The van der Waals surface area contributed by atoms with E-state index in [1.54, 1.807) is 30.6 Å². The van der Waals surface area contributed by atoms with Gasteiger partial charge in [0, 0.05) is 18.5 Å². The molecule has 0 saturated carbocycles. The summed E-state index contributed by atoms with van der Waals surface area (Å²) in [4.78, 5) is 25.7. The summed E-state index contributed by atoms with van der Waals surface area (Å²) in [6, 6.07) is 4.97. The van der Waals surface area contributed by atoms with Gasteiger partial charge in [-0.2, -0.15) is 9.97 Å². The van der Waals surface area contributed by atoms with Crippen LogP contribution in [0.25, 0.3) is 11.0 Å². The summed E-state index contributed by atoms with van der Waals surface area (Å²) < 4.78 is 5.41. The number of nitrogen functional groups attached to an aromatic ring is 1. The third-order valence-corrected chi connectivity index (χ3v) is 2.62. The second kappa shape index (κ2) is 4.96. The smallest absolute Gasteiger partial charge is 0.329 e. The molecule has 0 unspecified atom stereocenters. The Hall–Kier alpha value is -3.36. The molecule has 2 heterocycles. The van der Waals surface area contributed by atoms with Crippen LogP contribution in [-0.2, 0) is 0 Å². The number of hydrogen-bond acceptors (Lipinski definition) is 8. The topological polar surface area (TPSA) is 130 Å². The highest BCUT2D eigenvalue weighted by atomic mass is 16.6. The van der Waals surface area contributed by atoms with Crippen molar-refractivity contribution in [3.05, 3.63) is 46.9 Å². The van der Waals surface area contributed by atoms with Gasteiger partial charge in [-0.15, -0.1) is 0 Å². The number of rotatable bonds is 3. The average molecular weight is 284 g/mol. The first-order valence-corrected chi connectivity index (χ1v) is 5.79. The lowest BCUT2D eigenvalue weighted by Gasteiger charge is -2.05. The van der Waals surface area contributed by atoms with Gasteiger partial charge in [-0.3, -0.25) is 20.1 Å². The lowest BCUT2D eigenvalue weighted by atomic mass is 10.3. The second-order valence-electron chi connectivity index (χ2n) is 3.99. The fourth-order valence-corrected chi connectivity index (χ4v) is 1.67. The molecule has 0 aliphatic carbocycles. The Kier molecular flexibility index (Phi) is 2.99. The summed E-state index contributed by atoms with van der Waals surface area (Å²) in [5, 5.41) is 10.6. The molecule has 0 spiro atoms. The Morgan fingerprint density at radius 2 is 1.90 bits per heavy atom. The van der Waals surface area contributed by atoms with Gasteiger partial charge in [-0.25, -0.2) is 0 Å². The Bertz CT molecular complexity index is 838. The molecule has 0 aliphatic rings. The molecule has 1 aromatic carbocycles. The van der Waals surface area contributed by atoms with Crippen LogP contribution in [-0.4, -0.2) is 24.9 Å². The first-order valence-electron chi connectivity index (χ1n) is 5.79. The van der Waals surface area contributed by atoms with Crippen LogP contribution >= 0.6 is 0 Å². The molecule has 104 valence electrons. The van der Waals surface area contributed by atoms with Gasteiger partial charge in [0.15, 0.2) is 0 Å². The maximum Gasteiger partial charge on any atom is 0.329 e. The number of nitro groups is 1. The lowest BCUT2D eigenvalue weighted by molar-refractivity contribution is -0.384. The predicted molar refractivity (Wildman–Crippen MR) is 72.7 cm³/mol. The number of fused-ring (bicyclic) bond motifs is 1. The number of nitrogens with zero attached hydrogens (tertiary/aromatic N) is 5. The third-order valence-electron chi connectivity index (χ3n) is 2.62. The van der Waals surface area contributed by atoms with Gasteiger partial charge in [0.2, 0.25) is 5.82 Å². The van der Waals surface area contributed by atoms with E-state index in [1.807, 2.05) is 0 Å². The third kappa shape index (κ3) is 2.52. The number of ether oxygens (including phenoxy) is 1. The van der Waals surface area contributed by atoms with Gasteiger partial charge in [-0.05, 0) is 12.1 Å². The zero-order valence-electron chi connectivity index (χ0n) is 10.5. The van der Waals surface area contributed by atoms with Crippen molar-refractivity contribution in [1.82, 2.24) is 19.9 Å². The fraction of sp³-hybridized carbons (Fsp3) is 0. The van der Waals surface area contributed by atoms with Crippen LogP contribution in [0, 0.1) is 10.1 Å². The van der Waals surface area contributed by atoms with E-state index in [0.717, 1.165) is 6.20 Å². The molecule has 3 rings (SSSR count). The summed E-state index contributed by atoms with van der Waals surface area (Å²) in [7, 11) is 0. The minimum absolute atomic E-state index is 0.0821. The van der Waals surface area contributed by atoms with E-state index in [0.29, 0.717) is 16.8 Å². The van der Waals surface area contributed by atoms with E-state index < -0.39 is 4.92 Å². The largest absolute Gasteiger partial charge is 0.424 e. The molecule has 0 bridgehead atoms. The van der Waals surface area contributed by atoms with Crippen molar-refractivity contribution in [2.75, 3.05) is 5.73 Å². The zero-order chi connectivity index (χ0) is 14.8. The molecule has 0 radical (unpaired) electrons. The molecule has 9 heteroatoms. The summed E-state index contributed by atoms with van der Waals surface area (Å²) in [5.41, 5.74) is 6.46. The number of anilines is 1. The highest BCUT2D eigenvalue weighted by Gasteiger charge is 2.15. The van der Waals surface area contributed by atoms with Crippen molar-refractivity contribution < 1.29 is 9.66 Å². The molecule has 0 amide bonds. The van der Waals surface area contributed by atoms with Gasteiger partial charge in [-0.1, -0.05) is 0 Å². The van der Waals surface area contributed by atoms with Crippen LogP contribution in [0.2, 0.25) is 0 Å². The molecule has 3 aromatic rings. The van der Waals surface area contributed by atoms with Gasteiger partial charge < -0.3 is 10.5 Å². The minimum atomic E-state index is -0.662. The number of nitrogens with two attached hydrogens (primary N) is 1. The van der Waals surface area contributed by atoms with Crippen LogP contribution in [0.4, 0.5) is 11.5 Å². The molecule has 21 heavy (non-hydrogen) atoms. The van der Waals surface area contributed by atoms with E-state index >= 15 is 0 Å².